The summed E-state index contributed by atoms with van der Waals surface area (Å²) in [5, 5.41) is 0. The van der Waals surface area contributed by atoms with Gasteiger partial charge >= 0.3 is 0 Å². The largest absolute Gasteiger partial charge is 0.311 e. The van der Waals surface area contributed by atoms with Crippen LogP contribution in [0, 0.1) is 5.92 Å². The molecule has 1 atom stereocenters. The van der Waals surface area contributed by atoms with E-state index in [9.17, 15) is 0 Å². The fourth-order valence-corrected chi connectivity index (χ4v) is 1.92. The van der Waals surface area contributed by atoms with Crippen molar-refractivity contribution in [3.05, 3.63) is 41.8 Å². The van der Waals surface area contributed by atoms with E-state index in [1.54, 1.807) is 5.92 Å². The Hall–Kier alpha value is 0.441. The van der Waals surface area contributed by atoms with Gasteiger partial charge in [0.05, 0.1) is 0 Å². The molecule has 0 aliphatic heterocycles. The van der Waals surface area contributed by atoms with Crippen LogP contribution >= 0.6 is 0 Å². The van der Waals surface area contributed by atoms with Crippen molar-refractivity contribution in [3.63, 3.8) is 0 Å². The molecule has 1 aromatic rings. The van der Waals surface area contributed by atoms with E-state index in [-0.39, 0.29) is 38.3 Å². The van der Waals surface area contributed by atoms with E-state index in [2.05, 4.69) is 37.3 Å². The molecule has 0 N–H and O–H groups in total. The summed E-state index contributed by atoms with van der Waals surface area (Å²) in [6, 6.07) is 10.9. The second-order valence-corrected chi connectivity index (χ2v) is 3.93. The van der Waals surface area contributed by atoms with Crippen molar-refractivity contribution in [2.24, 2.45) is 0 Å². The molecule has 1 aliphatic rings. The first-order valence-electron chi connectivity index (χ1n) is 5.31. The van der Waals surface area contributed by atoms with Crippen molar-refractivity contribution in [1.29, 1.82) is 0 Å². The maximum Gasteiger partial charge on any atom is 0 e. The summed E-state index contributed by atoms with van der Waals surface area (Å²) in [5.41, 5.74) is 1.52. The van der Waals surface area contributed by atoms with Crippen LogP contribution in [-0.2, 0) is 19.5 Å². The zero-order chi connectivity index (χ0) is 9.10. The third-order valence-electron chi connectivity index (χ3n) is 2.85. The molecule has 0 spiro atoms. The van der Waals surface area contributed by atoms with Crippen LogP contribution in [0.1, 0.15) is 44.1 Å². The van der Waals surface area contributed by atoms with Crippen molar-refractivity contribution >= 4 is 18.9 Å². The molecule has 1 radical (unpaired) electrons. The fourth-order valence-electron chi connectivity index (χ4n) is 1.92. The first-order chi connectivity index (χ1) is 6.42. The van der Waals surface area contributed by atoms with E-state index >= 15 is 0 Å². The molecule has 73 valence electrons. The predicted octanol–water partition coefficient (Wildman–Crippen LogP) is 3.56. The van der Waals surface area contributed by atoms with E-state index in [4.69, 9.17) is 0 Å². The molecule has 1 aromatic carbocycles. The van der Waals surface area contributed by atoms with Crippen molar-refractivity contribution in [3.8, 4) is 0 Å². The van der Waals surface area contributed by atoms with Crippen LogP contribution in [-0.4, -0.2) is 18.9 Å². The monoisotopic (exact) mass is 244 g/mol. The summed E-state index contributed by atoms with van der Waals surface area (Å²) >= 11 is 0. The zero-order valence-corrected chi connectivity index (χ0v) is 13.0. The van der Waals surface area contributed by atoms with Gasteiger partial charge in [0.2, 0.25) is 0 Å². The standard InChI is InChI=1S/C13H17.Li.Zn/c1-2-3-7-12-10-13(12)11-8-5-4-6-9-11;;/h4-6,8-9,13H,2-3,7,10H2,1H3;;/q-1;;/t13-;;/m0../s1. The topological polar surface area (TPSA) is 0 Å². The second kappa shape index (κ2) is 7.67. The Bertz CT molecular complexity index is 260. The van der Waals surface area contributed by atoms with Gasteiger partial charge in [0.1, 0.15) is 0 Å². The second-order valence-electron chi connectivity index (χ2n) is 3.93. The molecule has 1 aliphatic carbocycles. The molecule has 0 heterocycles. The minimum atomic E-state index is 0. The van der Waals surface area contributed by atoms with Crippen LogP contribution in [0.25, 0.3) is 0 Å². The molecule has 2 heteroatoms. The summed E-state index contributed by atoms with van der Waals surface area (Å²) in [7, 11) is 0. The van der Waals surface area contributed by atoms with Crippen LogP contribution in [0.4, 0.5) is 0 Å². The average molecular weight is 246 g/mol. The molecule has 0 nitrogen and oxygen atoms in total. The van der Waals surface area contributed by atoms with Gasteiger partial charge in [0, 0.05) is 38.3 Å². The molecule has 1 saturated carbocycles. The number of rotatable bonds is 4. The molecule has 2 rings (SSSR count). The molecular formula is C13H17LiZn-. The number of hydrogen-bond acceptors (Lipinski definition) is 0. The summed E-state index contributed by atoms with van der Waals surface area (Å²) in [6.07, 6.45) is 5.41. The van der Waals surface area contributed by atoms with E-state index in [1.165, 1.54) is 31.2 Å². The van der Waals surface area contributed by atoms with Crippen molar-refractivity contribution in [2.75, 3.05) is 0 Å². The van der Waals surface area contributed by atoms with Crippen LogP contribution in [0.15, 0.2) is 30.3 Å². The van der Waals surface area contributed by atoms with Gasteiger partial charge in [0.15, 0.2) is 0 Å². The fraction of sp³-hybridized carbons (Fsp3) is 0.462. The maximum absolute atomic E-state index is 2.26. The van der Waals surface area contributed by atoms with Crippen molar-refractivity contribution in [1.82, 2.24) is 0 Å². The Morgan fingerprint density at radius 3 is 2.53 bits per heavy atom. The van der Waals surface area contributed by atoms with Gasteiger partial charge < -0.3 is 5.92 Å². The van der Waals surface area contributed by atoms with Crippen LogP contribution < -0.4 is 0 Å². The average Bonchev–Trinajstić information content (AvgIpc) is 2.95. The van der Waals surface area contributed by atoms with Crippen LogP contribution in [0.5, 0.6) is 0 Å². The Balaban J connectivity index is 0.000000980. The number of benzene rings is 1. The van der Waals surface area contributed by atoms with Gasteiger partial charge in [-0.05, 0) is 0 Å². The van der Waals surface area contributed by atoms with Crippen LogP contribution in [0.3, 0.4) is 0 Å². The Morgan fingerprint density at radius 1 is 1.27 bits per heavy atom. The van der Waals surface area contributed by atoms with E-state index in [1.807, 2.05) is 0 Å². The summed E-state index contributed by atoms with van der Waals surface area (Å²) < 4.78 is 0. The molecule has 0 amide bonds. The van der Waals surface area contributed by atoms with Gasteiger partial charge in [-0.25, -0.2) is 0 Å². The Labute approximate surface area is 118 Å². The van der Waals surface area contributed by atoms with E-state index in [0.717, 1.165) is 5.92 Å². The van der Waals surface area contributed by atoms with Crippen molar-refractivity contribution < 1.29 is 19.5 Å². The third-order valence-corrected chi connectivity index (χ3v) is 2.85. The molecule has 0 aromatic heterocycles. The molecule has 0 unspecified atom stereocenters. The van der Waals surface area contributed by atoms with Crippen LogP contribution in [0.2, 0.25) is 0 Å². The Morgan fingerprint density at radius 2 is 1.93 bits per heavy atom. The molecule has 0 bridgehead atoms. The first-order valence-corrected chi connectivity index (χ1v) is 5.31. The van der Waals surface area contributed by atoms with E-state index < -0.39 is 0 Å². The van der Waals surface area contributed by atoms with Gasteiger partial charge in [-0.2, -0.15) is 18.8 Å². The normalized spacial score (nSPS) is 18.9. The minimum Gasteiger partial charge on any atom is -0.311 e. The Kier molecular flexibility index (Phi) is 7.90. The first kappa shape index (κ1) is 15.4. The summed E-state index contributed by atoms with van der Waals surface area (Å²) in [5.74, 6) is 2.58. The predicted molar refractivity (Wildman–Crippen MR) is 62.3 cm³/mol. The SMILES string of the molecule is CCCC[C-]1C[C@H]1c1ccccc1.[Li].[Zn]. The number of unbranched alkanes of at least 4 members (excludes halogenated alkanes) is 1. The van der Waals surface area contributed by atoms with Gasteiger partial charge in [-0.3, -0.25) is 0 Å². The molecule has 15 heavy (non-hydrogen) atoms. The maximum atomic E-state index is 2.26. The van der Waals surface area contributed by atoms with Gasteiger partial charge in [-0.1, -0.05) is 55.7 Å². The quantitative estimate of drug-likeness (QED) is 0.562. The number of hydrogen-bond donors (Lipinski definition) is 0. The minimum absolute atomic E-state index is 0. The third kappa shape index (κ3) is 4.44. The smallest absolute Gasteiger partial charge is 0 e. The van der Waals surface area contributed by atoms with Gasteiger partial charge in [-0.15, -0.1) is 0 Å². The summed E-state index contributed by atoms with van der Waals surface area (Å²) in [4.78, 5) is 0. The zero-order valence-electron chi connectivity index (χ0n) is 10.00. The van der Waals surface area contributed by atoms with Crippen molar-refractivity contribution in [2.45, 2.75) is 38.5 Å². The molecular weight excluding hydrogens is 228 g/mol. The van der Waals surface area contributed by atoms with E-state index in [0.29, 0.717) is 0 Å². The van der Waals surface area contributed by atoms with Gasteiger partial charge in [0.25, 0.3) is 0 Å². The molecule has 1 fully saturated rings. The summed E-state index contributed by atoms with van der Waals surface area (Å²) in [6.45, 7) is 2.26. The molecule has 0 saturated heterocycles.